The van der Waals surface area contributed by atoms with Crippen LogP contribution in [0.4, 0.5) is 0 Å². The zero-order chi connectivity index (χ0) is 24.9. The first-order valence-corrected chi connectivity index (χ1v) is 12.5. The lowest BCUT2D eigenvalue weighted by Crippen LogP contribution is -2.57. The third-order valence-electron chi connectivity index (χ3n) is 7.29. The van der Waals surface area contributed by atoms with Gasteiger partial charge in [0.1, 0.15) is 0 Å². The Morgan fingerprint density at radius 3 is 1.94 bits per heavy atom. The Morgan fingerprint density at radius 1 is 0.833 bits per heavy atom. The summed E-state index contributed by atoms with van der Waals surface area (Å²) in [7, 11) is 0. The summed E-state index contributed by atoms with van der Waals surface area (Å²) >= 11 is 0. The lowest BCUT2D eigenvalue weighted by atomic mass is 9.51. The van der Waals surface area contributed by atoms with E-state index >= 15 is 0 Å². The average molecular weight is 482 g/mol. The molecule has 1 heterocycles. The quantitative estimate of drug-likeness (QED) is 0.425. The van der Waals surface area contributed by atoms with Crippen molar-refractivity contribution < 1.29 is 14.3 Å². The van der Waals surface area contributed by atoms with Crippen LogP contribution in [0.1, 0.15) is 34.1 Å². The Morgan fingerprint density at radius 2 is 1.39 bits per heavy atom. The van der Waals surface area contributed by atoms with Crippen LogP contribution in [0.5, 0.6) is 0 Å². The molecule has 3 aromatic rings. The van der Waals surface area contributed by atoms with Gasteiger partial charge in [-0.15, -0.1) is 0 Å². The van der Waals surface area contributed by atoms with Crippen LogP contribution in [0.2, 0.25) is 0 Å². The van der Waals surface area contributed by atoms with Gasteiger partial charge in [-0.05, 0) is 23.6 Å². The van der Waals surface area contributed by atoms with Crippen LogP contribution in [-0.4, -0.2) is 49.2 Å². The Labute approximate surface area is 212 Å². The number of aryl methyl sites for hydroxylation is 1. The van der Waals surface area contributed by atoms with Crippen LogP contribution in [0, 0.1) is 18.8 Å². The van der Waals surface area contributed by atoms with Crippen molar-refractivity contribution in [3.8, 4) is 0 Å². The van der Waals surface area contributed by atoms with Crippen LogP contribution in [0.25, 0.3) is 0 Å². The molecule has 6 nitrogen and oxygen atoms in total. The van der Waals surface area contributed by atoms with Gasteiger partial charge in [-0.2, -0.15) is 5.10 Å². The van der Waals surface area contributed by atoms with E-state index in [-0.39, 0.29) is 29.6 Å². The van der Waals surface area contributed by atoms with E-state index < -0.39 is 5.92 Å². The van der Waals surface area contributed by atoms with Crippen LogP contribution in [-0.2, 0) is 14.3 Å². The van der Waals surface area contributed by atoms with E-state index in [1.165, 1.54) is 0 Å². The van der Waals surface area contributed by atoms with Crippen LogP contribution >= 0.6 is 0 Å². The molecule has 2 atom stereocenters. The molecule has 2 amide bonds. The number of hydrogen-bond donors (Lipinski definition) is 1. The van der Waals surface area contributed by atoms with E-state index in [4.69, 9.17) is 4.74 Å². The highest BCUT2D eigenvalue weighted by Gasteiger charge is 2.58. The Balaban J connectivity index is 1.46. The largest absolute Gasteiger partial charge is 0.378 e. The Hall–Kier alpha value is -3.77. The highest BCUT2D eigenvalue weighted by atomic mass is 16.5. The fourth-order valence-corrected chi connectivity index (χ4v) is 5.45. The molecule has 5 rings (SSSR count). The van der Waals surface area contributed by atoms with Gasteiger partial charge in [-0.25, -0.2) is 5.43 Å². The van der Waals surface area contributed by atoms with Gasteiger partial charge in [0.25, 0.3) is 0 Å². The van der Waals surface area contributed by atoms with Gasteiger partial charge in [-0.3, -0.25) is 9.59 Å². The molecule has 2 aliphatic rings. The molecule has 2 unspecified atom stereocenters. The topological polar surface area (TPSA) is 71.0 Å². The van der Waals surface area contributed by atoms with Gasteiger partial charge in [-0.1, -0.05) is 90.5 Å². The summed E-state index contributed by atoms with van der Waals surface area (Å²) in [6.45, 7) is 4.28. The molecule has 0 radical (unpaired) electrons. The van der Waals surface area contributed by atoms with Crippen molar-refractivity contribution in [3.05, 3.63) is 107 Å². The lowest BCUT2D eigenvalue weighted by Gasteiger charge is -2.52. The average Bonchev–Trinajstić information content (AvgIpc) is 2.91. The molecule has 3 aromatic carbocycles. The molecule has 1 N–H and O–H groups in total. The number of hydrogen-bond acceptors (Lipinski definition) is 4. The Bertz CT molecular complexity index is 1160. The van der Waals surface area contributed by atoms with E-state index in [1.54, 1.807) is 6.21 Å². The maximum Gasteiger partial charge on any atom is 0.244 e. The summed E-state index contributed by atoms with van der Waals surface area (Å²) in [5.74, 6) is -1.30. The first-order valence-electron chi connectivity index (χ1n) is 12.5. The second kappa shape index (κ2) is 10.9. The normalized spacial score (nSPS) is 23.8. The summed E-state index contributed by atoms with van der Waals surface area (Å²) in [4.78, 5) is 29.4. The van der Waals surface area contributed by atoms with Crippen molar-refractivity contribution >= 4 is 18.0 Å². The van der Waals surface area contributed by atoms with Crippen LogP contribution in [0.3, 0.4) is 0 Å². The SMILES string of the molecule is Cc1ccc(/C=N/NC(=O)C2C(c3ccccc3)C(C(=O)N3CCOCC3)C2c2ccccc2)cc1. The van der Waals surface area contributed by atoms with Crippen molar-refractivity contribution in [2.45, 2.75) is 18.8 Å². The summed E-state index contributed by atoms with van der Waals surface area (Å²) < 4.78 is 5.48. The molecule has 1 aliphatic carbocycles. The van der Waals surface area contributed by atoms with Gasteiger partial charge in [0.2, 0.25) is 11.8 Å². The molecule has 1 aliphatic heterocycles. The predicted octanol–water partition coefficient (Wildman–Crippen LogP) is 4.12. The van der Waals surface area contributed by atoms with E-state index in [0.29, 0.717) is 26.3 Å². The van der Waals surface area contributed by atoms with E-state index in [2.05, 4.69) is 10.5 Å². The van der Waals surface area contributed by atoms with E-state index in [9.17, 15) is 9.59 Å². The number of benzene rings is 3. The highest BCUT2D eigenvalue weighted by Crippen LogP contribution is 2.58. The molecule has 6 heteroatoms. The van der Waals surface area contributed by atoms with Crippen LogP contribution in [0.15, 0.2) is 90.0 Å². The number of rotatable bonds is 6. The van der Waals surface area contributed by atoms with Crippen molar-refractivity contribution in [1.29, 1.82) is 0 Å². The number of ether oxygens (including phenoxy) is 1. The number of carbonyl (C=O) groups is 2. The van der Waals surface area contributed by atoms with E-state index in [1.807, 2.05) is 96.8 Å². The number of carbonyl (C=O) groups excluding carboxylic acids is 2. The molecule has 2 fully saturated rings. The zero-order valence-corrected chi connectivity index (χ0v) is 20.4. The second-order valence-electron chi connectivity index (χ2n) is 9.51. The van der Waals surface area contributed by atoms with Crippen LogP contribution < -0.4 is 5.43 Å². The molecule has 184 valence electrons. The molecule has 36 heavy (non-hydrogen) atoms. The third kappa shape index (κ3) is 4.95. The smallest absolute Gasteiger partial charge is 0.244 e. The Kier molecular flexibility index (Phi) is 7.23. The number of morpholine rings is 1. The number of amides is 2. The maximum atomic E-state index is 13.9. The molecule has 1 saturated heterocycles. The highest BCUT2D eigenvalue weighted by molar-refractivity contribution is 5.91. The van der Waals surface area contributed by atoms with Gasteiger partial charge >= 0.3 is 0 Å². The van der Waals surface area contributed by atoms with E-state index in [0.717, 1.165) is 22.3 Å². The predicted molar refractivity (Wildman–Crippen MR) is 140 cm³/mol. The number of hydrazone groups is 1. The number of nitrogens with one attached hydrogen (secondary N) is 1. The second-order valence-corrected chi connectivity index (χ2v) is 9.51. The monoisotopic (exact) mass is 481 g/mol. The number of nitrogens with zero attached hydrogens (tertiary/aromatic N) is 2. The van der Waals surface area contributed by atoms with Gasteiger partial charge in [0.05, 0.1) is 31.3 Å². The summed E-state index contributed by atoms with van der Waals surface area (Å²) in [5.41, 5.74) is 6.85. The molecule has 1 saturated carbocycles. The summed E-state index contributed by atoms with van der Waals surface area (Å²) in [6.07, 6.45) is 1.65. The molecule has 0 aromatic heterocycles. The molecule has 0 spiro atoms. The summed E-state index contributed by atoms with van der Waals surface area (Å²) in [5, 5.41) is 4.25. The maximum absolute atomic E-state index is 13.9. The first kappa shape index (κ1) is 23.9. The lowest BCUT2D eigenvalue weighted by molar-refractivity contribution is -0.151. The fraction of sp³-hybridized carbons (Fsp3) is 0.300. The van der Waals surface area contributed by atoms with Crippen molar-refractivity contribution in [2.24, 2.45) is 16.9 Å². The van der Waals surface area contributed by atoms with Gasteiger partial charge < -0.3 is 9.64 Å². The van der Waals surface area contributed by atoms with Gasteiger partial charge in [0.15, 0.2) is 0 Å². The third-order valence-corrected chi connectivity index (χ3v) is 7.29. The molecular weight excluding hydrogens is 450 g/mol. The summed E-state index contributed by atoms with van der Waals surface area (Å²) in [6, 6.07) is 27.8. The van der Waals surface area contributed by atoms with Crippen molar-refractivity contribution in [3.63, 3.8) is 0 Å². The van der Waals surface area contributed by atoms with Crippen molar-refractivity contribution in [2.75, 3.05) is 26.3 Å². The minimum absolute atomic E-state index is 0.0909. The minimum Gasteiger partial charge on any atom is -0.378 e. The standard InChI is InChI=1S/C30H31N3O3/c1-21-12-14-22(15-13-21)20-31-32-29(34)27-25(23-8-4-2-5-9-23)28(26(27)24-10-6-3-7-11-24)30(35)33-16-18-36-19-17-33/h2-15,20,25-28H,16-19H2,1H3,(H,32,34)/b31-20+. The van der Waals surface area contributed by atoms with Gasteiger partial charge in [0, 0.05) is 24.9 Å². The minimum atomic E-state index is -0.417. The zero-order valence-electron chi connectivity index (χ0n) is 20.4. The molecular formula is C30H31N3O3. The molecule has 0 bridgehead atoms. The van der Waals surface area contributed by atoms with Crippen molar-refractivity contribution in [1.82, 2.24) is 10.3 Å². The fourth-order valence-electron chi connectivity index (χ4n) is 5.45. The first-order chi connectivity index (χ1) is 17.6.